The molecule has 0 aliphatic carbocycles. The Labute approximate surface area is 106 Å². The van der Waals surface area contributed by atoms with E-state index < -0.39 is 0 Å². The van der Waals surface area contributed by atoms with Gasteiger partial charge in [-0.3, -0.25) is 0 Å². The Hall–Kier alpha value is -0.250. The molecule has 1 rings (SSSR count). The summed E-state index contributed by atoms with van der Waals surface area (Å²) in [5, 5.41) is 0.754. The molecular formula is C12H17ClFNS. The van der Waals surface area contributed by atoms with Crippen molar-refractivity contribution in [2.24, 2.45) is 5.73 Å². The Morgan fingerprint density at radius 3 is 2.69 bits per heavy atom. The van der Waals surface area contributed by atoms with Crippen LogP contribution in [0.15, 0.2) is 18.2 Å². The molecule has 90 valence electrons. The highest BCUT2D eigenvalue weighted by molar-refractivity contribution is 7.99. The first-order valence-electron chi connectivity index (χ1n) is 5.30. The van der Waals surface area contributed by atoms with Gasteiger partial charge in [-0.25, -0.2) is 4.39 Å². The fourth-order valence-electron chi connectivity index (χ4n) is 1.34. The van der Waals surface area contributed by atoms with Crippen LogP contribution in [0, 0.1) is 5.82 Å². The maximum atomic E-state index is 12.9. The van der Waals surface area contributed by atoms with Crippen LogP contribution in [0.2, 0.25) is 5.02 Å². The van der Waals surface area contributed by atoms with E-state index in [0.717, 1.165) is 17.7 Å². The number of halogens is 2. The SMILES string of the molecule is CC(C)SCC(N)Cc1ccc(F)c(Cl)c1. The van der Waals surface area contributed by atoms with Crippen LogP contribution in [0.4, 0.5) is 4.39 Å². The van der Waals surface area contributed by atoms with E-state index in [0.29, 0.717) is 5.25 Å². The fraction of sp³-hybridized carbons (Fsp3) is 0.500. The van der Waals surface area contributed by atoms with Gasteiger partial charge in [0.2, 0.25) is 0 Å². The van der Waals surface area contributed by atoms with Crippen LogP contribution < -0.4 is 5.73 Å². The van der Waals surface area contributed by atoms with Crippen molar-refractivity contribution in [2.45, 2.75) is 31.6 Å². The fourth-order valence-corrected chi connectivity index (χ4v) is 2.30. The Kier molecular flexibility index (Phi) is 5.59. The summed E-state index contributed by atoms with van der Waals surface area (Å²) in [7, 11) is 0. The van der Waals surface area contributed by atoms with E-state index in [4.69, 9.17) is 17.3 Å². The smallest absolute Gasteiger partial charge is 0.141 e. The third-order valence-corrected chi connectivity index (χ3v) is 3.70. The van der Waals surface area contributed by atoms with E-state index in [9.17, 15) is 4.39 Å². The predicted octanol–water partition coefficient (Wildman–Crippen LogP) is 3.49. The van der Waals surface area contributed by atoms with Crippen LogP contribution in [-0.4, -0.2) is 17.0 Å². The molecule has 0 saturated heterocycles. The molecule has 0 aromatic heterocycles. The van der Waals surface area contributed by atoms with Crippen molar-refractivity contribution in [1.82, 2.24) is 0 Å². The molecule has 0 bridgehead atoms. The van der Waals surface area contributed by atoms with Gasteiger partial charge in [0.05, 0.1) is 5.02 Å². The van der Waals surface area contributed by atoms with Crippen molar-refractivity contribution in [1.29, 1.82) is 0 Å². The lowest BCUT2D eigenvalue weighted by Crippen LogP contribution is -2.26. The second-order valence-corrected chi connectivity index (χ2v) is 6.11. The molecule has 0 aliphatic heterocycles. The third-order valence-electron chi connectivity index (χ3n) is 2.13. The summed E-state index contributed by atoms with van der Waals surface area (Å²) in [6.45, 7) is 4.29. The molecule has 1 aromatic rings. The van der Waals surface area contributed by atoms with Gasteiger partial charge in [-0.1, -0.05) is 31.5 Å². The van der Waals surface area contributed by atoms with Gasteiger partial charge in [0.25, 0.3) is 0 Å². The lowest BCUT2D eigenvalue weighted by Gasteiger charge is -2.13. The van der Waals surface area contributed by atoms with E-state index >= 15 is 0 Å². The van der Waals surface area contributed by atoms with Gasteiger partial charge in [0, 0.05) is 11.8 Å². The molecule has 0 aliphatic rings. The van der Waals surface area contributed by atoms with E-state index in [-0.39, 0.29) is 16.9 Å². The molecule has 0 heterocycles. The number of hydrogen-bond donors (Lipinski definition) is 1. The minimum absolute atomic E-state index is 0.0916. The maximum Gasteiger partial charge on any atom is 0.141 e. The van der Waals surface area contributed by atoms with E-state index in [1.54, 1.807) is 12.1 Å². The molecule has 0 amide bonds. The molecule has 0 radical (unpaired) electrons. The number of rotatable bonds is 5. The van der Waals surface area contributed by atoms with Crippen molar-refractivity contribution in [3.63, 3.8) is 0 Å². The van der Waals surface area contributed by atoms with Gasteiger partial charge < -0.3 is 5.73 Å². The minimum atomic E-state index is -0.379. The molecule has 0 saturated carbocycles. The van der Waals surface area contributed by atoms with Crippen molar-refractivity contribution in [3.05, 3.63) is 34.6 Å². The number of hydrogen-bond acceptors (Lipinski definition) is 2. The highest BCUT2D eigenvalue weighted by Gasteiger charge is 2.07. The molecule has 2 N–H and O–H groups in total. The van der Waals surface area contributed by atoms with E-state index in [1.165, 1.54) is 6.07 Å². The molecule has 1 atom stereocenters. The van der Waals surface area contributed by atoms with Crippen LogP contribution in [-0.2, 0) is 6.42 Å². The van der Waals surface area contributed by atoms with E-state index in [1.807, 2.05) is 11.8 Å². The molecular weight excluding hydrogens is 245 g/mol. The van der Waals surface area contributed by atoms with E-state index in [2.05, 4.69) is 13.8 Å². The van der Waals surface area contributed by atoms with Crippen molar-refractivity contribution >= 4 is 23.4 Å². The lowest BCUT2D eigenvalue weighted by molar-refractivity contribution is 0.626. The summed E-state index contributed by atoms with van der Waals surface area (Å²) in [6, 6.07) is 4.87. The second kappa shape index (κ2) is 6.48. The normalized spacial score (nSPS) is 13.1. The Morgan fingerprint density at radius 2 is 2.12 bits per heavy atom. The Morgan fingerprint density at radius 1 is 1.44 bits per heavy atom. The first-order valence-corrected chi connectivity index (χ1v) is 6.73. The molecule has 1 aromatic carbocycles. The number of thioether (sulfide) groups is 1. The average Bonchev–Trinajstić information content (AvgIpc) is 2.21. The van der Waals surface area contributed by atoms with Gasteiger partial charge in [-0.15, -0.1) is 0 Å². The summed E-state index contributed by atoms with van der Waals surface area (Å²) in [5.41, 5.74) is 6.97. The molecule has 1 nitrogen and oxygen atoms in total. The Bertz CT molecular complexity index is 344. The molecule has 1 unspecified atom stereocenters. The summed E-state index contributed by atoms with van der Waals surface area (Å²) in [5.74, 6) is 0.530. The topological polar surface area (TPSA) is 26.0 Å². The zero-order chi connectivity index (χ0) is 12.1. The minimum Gasteiger partial charge on any atom is -0.327 e. The van der Waals surface area contributed by atoms with Crippen LogP contribution >= 0.6 is 23.4 Å². The van der Waals surface area contributed by atoms with Crippen LogP contribution in [0.1, 0.15) is 19.4 Å². The summed E-state index contributed by atoms with van der Waals surface area (Å²) < 4.78 is 12.9. The maximum absolute atomic E-state index is 12.9. The molecule has 0 fully saturated rings. The first kappa shape index (κ1) is 13.8. The van der Waals surface area contributed by atoms with Gasteiger partial charge in [0.15, 0.2) is 0 Å². The average molecular weight is 262 g/mol. The highest BCUT2D eigenvalue weighted by Crippen LogP contribution is 2.18. The summed E-state index contributed by atoms with van der Waals surface area (Å²) in [4.78, 5) is 0. The summed E-state index contributed by atoms with van der Waals surface area (Å²) in [6.07, 6.45) is 0.736. The zero-order valence-corrected chi connectivity index (χ0v) is 11.1. The van der Waals surface area contributed by atoms with Gasteiger partial charge >= 0.3 is 0 Å². The number of nitrogens with two attached hydrogens (primary N) is 1. The predicted molar refractivity (Wildman–Crippen MR) is 70.7 cm³/mol. The largest absolute Gasteiger partial charge is 0.327 e. The third kappa shape index (κ3) is 4.73. The second-order valence-electron chi connectivity index (χ2n) is 4.09. The van der Waals surface area contributed by atoms with Gasteiger partial charge in [-0.2, -0.15) is 11.8 Å². The van der Waals surface area contributed by atoms with Gasteiger partial charge in [0.1, 0.15) is 5.82 Å². The first-order chi connectivity index (χ1) is 7.49. The number of benzene rings is 1. The standard InChI is InChI=1S/C12H17ClFNS/c1-8(2)16-7-10(15)5-9-3-4-12(14)11(13)6-9/h3-4,6,8,10H,5,7,15H2,1-2H3. The summed E-state index contributed by atoms with van der Waals surface area (Å²) >= 11 is 7.54. The quantitative estimate of drug-likeness (QED) is 0.878. The van der Waals surface area contributed by atoms with Crippen LogP contribution in [0.25, 0.3) is 0 Å². The van der Waals surface area contributed by atoms with Crippen molar-refractivity contribution in [2.75, 3.05) is 5.75 Å². The monoisotopic (exact) mass is 261 g/mol. The van der Waals surface area contributed by atoms with Gasteiger partial charge in [-0.05, 0) is 29.4 Å². The molecule has 4 heteroatoms. The lowest BCUT2D eigenvalue weighted by atomic mass is 10.1. The van der Waals surface area contributed by atoms with Crippen LogP contribution in [0.5, 0.6) is 0 Å². The van der Waals surface area contributed by atoms with Crippen LogP contribution in [0.3, 0.4) is 0 Å². The molecule has 16 heavy (non-hydrogen) atoms. The Balaban J connectivity index is 2.49. The van der Waals surface area contributed by atoms with Crippen molar-refractivity contribution in [3.8, 4) is 0 Å². The highest BCUT2D eigenvalue weighted by atomic mass is 35.5. The zero-order valence-electron chi connectivity index (χ0n) is 9.54. The van der Waals surface area contributed by atoms with Crippen molar-refractivity contribution < 1.29 is 4.39 Å². The molecule has 0 spiro atoms.